The number of fused-ring (bicyclic) bond motifs is 2. The molecule has 11 heteroatoms. The van der Waals surface area contributed by atoms with Crippen LogP contribution in [-0.4, -0.2) is 41.3 Å². The third-order valence-corrected chi connectivity index (χ3v) is 7.10. The van der Waals surface area contributed by atoms with Crippen LogP contribution in [0.1, 0.15) is 46.6 Å². The predicted molar refractivity (Wildman–Crippen MR) is 142 cm³/mol. The first-order valence-electron chi connectivity index (χ1n) is 12.8. The Hall–Kier alpha value is -4.93. The number of hydrogen-bond donors (Lipinski definition) is 2. The molecular weight excluding hydrogens is 518 g/mol. The number of rotatable bonds is 8. The summed E-state index contributed by atoms with van der Waals surface area (Å²) in [5.41, 5.74) is 4.01. The van der Waals surface area contributed by atoms with Crippen molar-refractivity contribution in [3.8, 4) is 11.4 Å². The van der Waals surface area contributed by atoms with Crippen molar-refractivity contribution in [1.29, 1.82) is 0 Å². The highest BCUT2D eigenvalue weighted by atomic mass is 19.2. The van der Waals surface area contributed by atoms with E-state index in [1.54, 1.807) is 4.90 Å². The van der Waals surface area contributed by atoms with Crippen molar-refractivity contribution in [3.63, 3.8) is 0 Å². The topological polar surface area (TPSA) is 117 Å². The Morgan fingerprint density at radius 3 is 2.67 bits per heavy atom. The van der Waals surface area contributed by atoms with Gasteiger partial charge in [-0.1, -0.05) is 24.3 Å². The molecule has 1 aliphatic heterocycles. The third kappa shape index (κ3) is 4.81. The average molecular weight is 543 g/mol. The van der Waals surface area contributed by atoms with Crippen molar-refractivity contribution < 1.29 is 18.4 Å². The summed E-state index contributed by atoms with van der Waals surface area (Å²) in [4.78, 5) is 47.5. The van der Waals surface area contributed by atoms with Crippen LogP contribution in [0.2, 0.25) is 0 Å². The summed E-state index contributed by atoms with van der Waals surface area (Å²) in [5.74, 6) is -2.58. The molecule has 3 aromatic heterocycles. The Morgan fingerprint density at radius 2 is 1.85 bits per heavy atom. The van der Waals surface area contributed by atoms with Crippen LogP contribution < -0.4 is 5.56 Å². The summed E-state index contributed by atoms with van der Waals surface area (Å²) in [7, 11) is 0. The maximum atomic E-state index is 13.5. The highest BCUT2D eigenvalue weighted by Crippen LogP contribution is 2.32. The van der Waals surface area contributed by atoms with E-state index in [4.69, 9.17) is 0 Å². The minimum atomic E-state index is -1.02. The van der Waals surface area contributed by atoms with Gasteiger partial charge in [0.2, 0.25) is 5.91 Å². The van der Waals surface area contributed by atoms with Crippen LogP contribution in [0.4, 0.5) is 8.78 Å². The summed E-state index contributed by atoms with van der Waals surface area (Å²) in [6.07, 6.45) is 3.07. The molecular formula is C29H24F2N6O3. The zero-order valence-electron chi connectivity index (χ0n) is 21.3. The number of nitrogens with one attached hydrogen (secondary N) is 2. The van der Waals surface area contributed by atoms with E-state index in [0.717, 1.165) is 45.7 Å². The second-order valence-electron chi connectivity index (χ2n) is 9.78. The monoisotopic (exact) mass is 542 g/mol. The molecule has 0 unspecified atom stereocenters. The number of halogens is 2. The third-order valence-electron chi connectivity index (χ3n) is 7.10. The highest BCUT2D eigenvalue weighted by Gasteiger charge is 2.29. The Labute approximate surface area is 226 Å². The van der Waals surface area contributed by atoms with Crippen LogP contribution >= 0.6 is 0 Å². The second-order valence-corrected chi connectivity index (χ2v) is 9.78. The Bertz CT molecular complexity index is 1790. The Morgan fingerprint density at radius 1 is 1.00 bits per heavy atom. The molecule has 0 fully saturated rings. The lowest BCUT2D eigenvalue weighted by molar-refractivity contribution is -0.131. The van der Waals surface area contributed by atoms with Crippen LogP contribution in [0.25, 0.3) is 22.3 Å². The quantitative estimate of drug-likeness (QED) is 0.283. The van der Waals surface area contributed by atoms with Crippen molar-refractivity contribution in [2.75, 3.05) is 0 Å². The normalized spacial score (nSPS) is 12.7. The van der Waals surface area contributed by atoms with Gasteiger partial charge in [0.25, 0.3) is 5.56 Å². The number of aromatic amines is 2. The molecule has 0 saturated carbocycles. The Balaban J connectivity index is 1.06. The number of nitrogens with zero attached hydrogens (tertiary/aromatic N) is 4. The van der Waals surface area contributed by atoms with Gasteiger partial charge >= 0.3 is 0 Å². The lowest BCUT2D eigenvalue weighted by Gasteiger charge is -2.15. The van der Waals surface area contributed by atoms with E-state index >= 15 is 0 Å². The molecule has 4 heterocycles. The number of para-hydroxylation sites is 1. The second kappa shape index (κ2) is 10.3. The molecule has 2 aromatic carbocycles. The average Bonchev–Trinajstić information content (AvgIpc) is 3.66. The van der Waals surface area contributed by atoms with E-state index < -0.39 is 23.0 Å². The number of Topliss-reactive ketones (excluding diaryl/α,β-unsaturated/α-hetero) is 1. The minimum Gasteiger partial charge on any atom is -0.353 e. The van der Waals surface area contributed by atoms with Gasteiger partial charge in [0, 0.05) is 41.7 Å². The summed E-state index contributed by atoms with van der Waals surface area (Å²) < 4.78 is 28.0. The molecule has 0 saturated heterocycles. The molecule has 0 atom stereocenters. The van der Waals surface area contributed by atoms with Gasteiger partial charge in [0.15, 0.2) is 23.1 Å². The highest BCUT2D eigenvalue weighted by molar-refractivity contribution is 5.94. The zero-order valence-corrected chi connectivity index (χ0v) is 21.3. The molecule has 5 aromatic rings. The number of carbonyl (C=O) groups is 2. The molecule has 1 aliphatic rings. The van der Waals surface area contributed by atoms with Gasteiger partial charge in [0.05, 0.1) is 31.0 Å². The van der Waals surface area contributed by atoms with Crippen molar-refractivity contribution in [1.82, 2.24) is 29.6 Å². The first-order chi connectivity index (χ1) is 19.4. The van der Waals surface area contributed by atoms with E-state index in [-0.39, 0.29) is 37.4 Å². The summed E-state index contributed by atoms with van der Waals surface area (Å²) in [6, 6.07) is 13.3. The van der Waals surface area contributed by atoms with Crippen molar-refractivity contribution in [2.45, 2.75) is 38.9 Å². The van der Waals surface area contributed by atoms with Crippen LogP contribution in [0.5, 0.6) is 0 Å². The van der Waals surface area contributed by atoms with E-state index in [9.17, 15) is 23.2 Å². The van der Waals surface area contributed by atoms with Crippen molar-refractivity contribution in [3.05, 3.63) is 105 Å². The van der Waals surface area contributed by atoms with Crippen LogP contribution in [0, 0.1) is 11.6 Å². The van der Waals surface area contributed by atoms with E-state index in [0.29, 0.717) is 18.7 Å². The first-order valence-corrected chi connectivity index (χ1v) is 12.8. The number of benzene rings is 2. The lowest BCUT2D eigenvalue weighted by Crippen LogP contribution is -2.28. The molecule has 2 N–H and O–H groups in total. The van der Waals surface area contributed by atoms with E-state index in [1.807, 2.05) is 30.3 Å². The molecule has 9 nitrogen and oxygen atoms in total. The standard InChI is InChI=1S/C29H24F2N6O3/c30-20-9-8-17(12-21(20)31)14-36-11-10-32-28(29(36)40)25(38)6-3-7-26(39)37-15-19-24(16-37)34-35-27(19)23-13-18-4-1-2-5-22(18)33-23/h1-2,4-5,8-13,33H,3,6-7,14-16H2,(H,34,35). The van der Waals surface area contributed by atoms with E-state index in [2.05, 4.69) is 20.2 Å². The summed E-state index contributed by atoms with van der Waals surface area (Å²) >= 11 is 0. The lowest BCUT2D eigenvalue weighted by atomic mass is 10.1. The van der Waals surface area contributed by atoms with Crippen molar-refractivity contribution >= 4 is 22.6 Å². The molecule has 0 aliphatic carbocycles. The molecule has 0 radical (unpaired) electrons. The van der Waals surface area contributed by atoms with Gasteiger partial charge in [-0.2, -0.15) is 5.10 Å². The number of amides is 1. The Kier molecular flexibility index (Phi) is 6.54. The zero-order chi connectivity index (χ0) is 27.8. The molecule has 202 valence electrons. The molecule has 0 bridgehead atoms. The van der Waals surface area contributed by atoms with Gasteiger partial charge in [-0.3, -0.25) is 19.5 Å². The number of H-pyrrole nitrogens is 2. The molecule has 40 heavy (non-hydrogen) atoms. The first kappa shape index (κ1) is 25.4. The van der Waals surface area contributed by atoms with Crippen molar-refractivity contribution in [2.24, 2.45) is 0 Å². The smallest absolute Gasteiger partial charge is 0.280 e. The minimum absolute atomic E-state index is 0.0236. The number of carbonyl (C=O) groups excluding carboxylic acids is 2. The SMILES string of the molecule is O=C(CCCC(=O)N1Cc2[nH]nc(-c3cc4ccccc4[nH]3)c2C1)c1nccn(Cc2ccc(F)c(F)c2)c1=O. The maximum Gasteiger partial charge on any atom is 0.280 e. The maximum absolute atomic E-state index is 13.5. The summed E-state index contributed by atoms with van der Waals surface area (Å²) in [6.45, 7) is 0.782. The van der Waals surface area contributed by atoms with Crippen LogP contribution in [0.15, 0.2) is 65.7 Å². The van der Waals surface area contributed by atoms with Gasteiger partial charge < -0.3 is 14.5 Å². The predicted octanol–water partition coefficient (Wildman–Crippen LogP) is 4.34. The molecule has 1 amide bonds. The number of hydrogen-bond acceptors (Lipinski definition) is 5. The fourth-order valence-electron chi connectivity index (χ4n) is 5.01. The molecule has 0 spiro atoms. The van der Waals surface area contributed by atoms with Gasteiger partial charge in [0.1, 0.15) is 5.69 Å². The summed E-state index contributed by atoms with van der Waals surface area (Å²) in [5, 5.41) is 8.57. The van der Waals surface area contributed by atoms with Crippen LogP contribution in [0.3, 0.4) is 0 Å². The van der Waals surface area contributed by atoms with E-state index in [1.165, 1.54) is 23.0 Å². The fourth-order valence-corrected chi connectivity index (χ4v) is 5.01. The fraction of sp³-hybridized carbons (Fsp3) is 0.207. The van der Waals surface area contributed by atoms with Gasteiger partial charge in [-0.15, -0.1) is 0 Å². The van der Waals surface area contributed by atoms with Crippen LogP contribution in [-0.2, 0) is 24.4 Å². The number of ketones is 1. The van der Waals surface area contributed by atoms with Gasteiger partial charge in [-0.05, 0) is 36.2 Å². The molecule has 6 rings (SSSR count). The number of aromatic nitrogens is 5. The van der Waals surface area contributed by atoms with Gasteiger partial charge in [-0.25, -0.2) is 13.8 Å². The largest absolute Gasteiger partial charge is 0.353 e.